The fourth-order valence-electron chi connectivity index (χ4n) is 2.22. The zero-order valence-electron chi connectivity index (χ0n) is 13.7. The molecule has 0 unspecified atom stereocenters. The van der Waals surface area contributed by atoms with Gasteiger partial charge < -0.3 is 4.74 Å². The lowest BCUT2D eigenvalue weighted by molar-refractivity contribution is 0.304. The highest BCUT2D eigenvalue weighted by Crippen LogP contribution is 2.19. The van der Waals surface area contributed by atoms with Crippen molar-refractivity contribution in [3.63, 3.8) is 0 Å². The Labute approximate surface area is 147 Å². The van der Waals surface area contributed by atoms with Crippen molar-refractivity contribution in [1.82, 2.24) is 0 Å². The van der Waals surface area contributed by atoms with Crippen LogP contribution in [0, 0.1) is 0 Å². The summed E-state index contributed by atoms with van der Waals surface area (Å²) < 4.78 is 6.83. The van der Waals surface area contributed by atoms with E-state index < -0.39 is 0 Å². The first-order chi connectivity index (χ1) is 11.3. The molecular weight excluding hydrogens is 350 g/mol. The molecule has 3 heteroatoms. The Morgan fingerprint density at radius 1 is 0.913 bits per heavy atom. The average Bonchev–Trinajstić information content (AvgIpc) is 2.58. The highest BCUT2D eigenvalue weighted by molar-refractivity contribution is 9.10. The van der Waals surface area contributed by atoms with E-state index in [0.717, 1.165) is 34.5 Å². The molecule has 0 bridgehead atoms. The first-order valence-corrected chi connectivity index (χ1v) is 9.10. The van der Waals surface area contributed by atoms with Crippen LogP contribution in [0.5, 0.6) is 5.75 Å². The lowest BCUT2D eigenvalue weighted by atomic mass is 10.2. The van der Waals surface area contributed by atoms with Gasteiger partial charge in [0.15, 0.2) is 0 Å². The van der Waals surface area contributed by atoms with Crippen LogP contribution in [-0.2, 0) is 0 Å². The number of halogens is 1. The van der Waals surface area contributed by atoms with E-state index in [0.29, 0.717) is 0 Å². The van der Waals surface area contributed by atoms with Crippen molar-refractivity contribution in [3.05, 3.63) is 58.6 Å². The molecule has 2 aromatic carbocycles. The van der Waals surface area contributed by atoms with Crippen LogP contribution in [0.15, 0.2) is 58.0 Å². The lowest BCUT2D eigenvalue weighted by Gasteiger charge is -2.06. The van der Waals surface area contributed by atoms with Crippen LogP contribution >= 0.6 is 15.9 Å². The van der Waals surface area contributed by atoms with Gasteiger partial charge in [0.25, 0.3) is 0 Å². The minimum absolute atomic E-state index is 0.797. The van der Waals surface area contributed by atoms with E-state index in [1.165, 1.54) is 25.7 Å². The molecule has 0 aliphatic rings. The molecule has 0 spiro atoms. The quantitative estimate of drug-likeness (QED) is 0.360. The molecule has 2 rings (SSSR count). The maximum absolute atomic E-state index is 5.76. The van der Waals surface area contributed by atoms with E-state index in [-0.39, 0.29) is 0 Å². The van der Waals surface area contributed by atoms with Crippen molar-refractivity contribution in [2.75, 3.05) is 6.61 Å². The summed E-state index contributed by atoms with van der Waals surface area (Å²) in [6, 6.07) is 16.0. The van der Waals surface area contributed by atoms with Gasteiger partial charge in [-0.25, -0.2) is 0 Å². The normalized spacial score (nSPS) is 11.0. The van der Waals surface area contributed by atoms with Crippen LogP contribution in [-0.4, -0.2) is 12.8 Å². The highest BCUT2D eigenvalue weighted by Gasteiger charge is 1.95. The third kappa shape index (κ3) is 7.00. The predicted octanol–water partition coefficient (Wildman–Crippen LogP) is 6.55. The zero-order valence-corrected chi connectivity index (χ0v) is 15.3. The molecule has 0 saturated heterocycles. The van der Waals surface area contributed by atoms with Gasteiger partial charge in [0.2, 0.25) is 0 Å². The van der Waals surface area contributed by atoms with E-state index in [4.69, 9.17) is 4.74 Å². The summed E-state index contributed by atoms with van der Waals surface area (Å²) in [5, 5.41) is 0. The predicted molar refractivity (Wildman–Crippen MR) is 102 cm³/mol. The Morgan fingerprint density at radius 3 is 2.30 bits per heavy atom. The molecule has 2 aromatic rings. The van der Waals surface area contributed by atoms with Crippen LogP contribution in [0.1, 0.15) is 44.6 Å². The van der Waals surface area contributed by atoms with Crippen LogP contribution < -0.4 is 4.74 Å². The number of nitrogens with zero attached hydrogens (tertiary/aromatic N) is 1. The highest BCUT2D eigenvalue weighted by atomic mass is 79.9. The summed E-state index contributed by atoms with van der Waals surface area (Å²) in [4.78, 5) is 4.48. The summed E-state index contributed by atoms with van der Waals surface area (Å²) in [6.45, 7) is 3.03. The molecular formula is C20H24BrNO. The molecule has 0 aliphatic heterocycles. The molecule has 0 radical (unpaired) electrons. The lowest BCUT2D eigenvalue weighted by Crippen LogP contribution is -1.96. The molecule has 0 fully saturated rings. The first kappa shape index (κ1) is 17.7. The summed E-state index contributed by atoms with van der Waals surface area (Å²) in [7, 11) is 0. The number of hydrogen-bond acceptors (Lipinski definition) is 2. The van der Waals surface area contributed by atoms with Crippen molar-refractivity contribution in [1.29, 1.82) is 0 Å². The van der Waals surface area contributed by atoms with Gasteiger partial charge >= 0.3 is 0 Å². The number of rotatable bonds is 9. The van der Waals surface area contributed by atoms with Crippen LogP contribution in [0.4, 0.5) is 5.69 Å². The minimum atomic E-state index is 0.797. The number of ether oxygens (including phenoxy) is 1. The Morgan fingerprint density at radius 2 is 1.61 bits per heavy atom. The Bertz CT molecular complexity index is 590. The standard InChI is InChI=1S/C20H24BrNO/c1-2-3-4-5-6-15-23-20-13-11-19(12-14-20)22-16-17-7-9-18(21)10-8-17/h7-14,16H,2-6,15H2,1H3. The Balaban J connectivity index is 1.76. The van der Waals surface area contributed by atoms with Crippen molar-refractivity contribution < 1.29 is 4.74 Å². The minimum Gasteiger partial charge on any atom is -0.494 e. The van der Waals surface area contributed by atoms with Gasteiger partial charge in [-0.05, 0) is 48.4 Å². The van der Waals surface area contributed by atoms with Crippen molar-refractivity contribution in [2.45, 2.75) is 39.0 Å². The van der Waals surface area contributed by atoms with Crippen molar-refractivity contribution in [3.8, 4) is 5.75 Å². The number of aliphatic imine (C=N–C) groups is 1. The largest absolute Gasteiger partial charge is 0.494 e. The van der Waals surface area contributed by atoms with Gasteiger partial charge in [-0.2, -0.15) is 0 Å². The molecule has 2 nitrogen and oxygen atoms in total. The fraction of sp³-hybridized carbons (Fsp3) is 0.350. The zero-order chi connectivity index (χ0) is 16.3. The maximum Gasteiger partial charge on any atom is 0.119 e. The van der Waals surface area contributed by atoms with Crippen molar-refractivity contribution in [2.24, 2.45) is 4.99 Å². The monoisotopic (exact) mass is 373 g/mol. The molecule has 0 aromatic heterocycles. The van der Waals surface area contributed by atoms with Gasteiger partial charge in [0.1, 0.15) is 5.75 Å². The third-order valence-electron chi connectivity index (χ3n) is 3.59. The molecule has 0 heterocycles. The maximum atomic E-state index is 5.76. The third-order valence-corrected chi connectivity index (χ3v) is 4.11. The molecule has 0 N–H and O–H groups in total. The number of unbranched alkanes of at least 4 members (excludes halogenated alkanes) is 4. The van der Waals surface area contributed by atoms with E-state index in [1.54, 1.807) is 0 Å². The fourth-order valence-corrected chi connectivity index (χ4v) is 2.49. The van der Waals surface area contributed by atoms with E-state index in [9.17, 15) is 0 Å². The Kier molecular flexibility index (Phi) is 7.88. The molecule has 0 saturated carbocycles. The molecule has 122 valence electrons. The van der Waals surface area contributed by atoms with E-state index >= 15 is 0 Å². The molecule has 0 atom stereocenters. The van der Waals surface area contributed by atoms with Gasteiger partial charge in [-0.15, -0.1) is 0 Å². The second kappa shape index (κ2) is 10.2. The van der Waals surface area contributed by atoms with Gasteiger partial charge in [0, 0.05) is 10.7 Å². The second-order valence-corrected chi connectivity index (χ2v) is 6.48. The summed E-state index contributed by atoms with van der Waals surface area (Å²) in [5.41, 5.74) is 2.02. The van der Waals surface area contributed by atoms with Crippen LogP contribution in [0.3, 0.4) is 0 Å². The SMILES string of the molecule is CCCCCCCOc1ccc(N=Cc2ccc(Br)cc2)cc1. The van der Waals surface area contributed by atoms with Gasteiger partial charge in [-0.3, -0.25) is 4.99 Å². The van der Waals surface area contributed by atoms with Gasteiger partial charge in [-0.1, -0.05) is 60.7 Å². The molecule has 0 amide bonds. The summed E-state index contributed by atoms with van der Waals surface area (Å²) >= 11 is 3.43. The molecule has 23 heavy (non-hydrogen) atoms. The Hall–Kier alpha value is -1.61. The number of benzene rings is 2. The van der Waals surface area contributed by atoms with Crippen LogP contribution in [0.2, 0.25) is 0 Å². The second-order valence-electron chi connectivity index (χ2n) is 5.57. The van der Waals surface area contributed by atoms with Crippen molar-refractivity contribution >= 4 is 27.8 Å². The smallest absolute Gasteiger partial charge is 0.119 e. The summed E-state index contributed by atoms with van der Waals surface area (Å²) in [6.07, 6.45) is 8.17. The van der Waals surface area contributed by atoms with E-state index in [1.807, 2.05) is 54.7 Å². The first-order valence-electron chi connectivity index (χ1n) is 8.30. The van der Waals surface area contributed by atoms with Gasteiger partial charge in [0.05, 0.1) is 12.3 Å². The number of hydrogen-bond donors (Lipinski definition) is 0. The average molecular weight is 374 g/mol. The van der Waals surface area contributed by atoms with E-state index in [2.05, 4.69) is 27.8 Å². The topological polar surface area (TPSA) is 21.6 Å². The van der Waals surface area contributed by atoms with Crippen LogP contribution in [0.25, 0.3) is 0 Å². The molecule has 0 aliphatic carbocycles. The summed E-state index contributed by atoms with van der Waals surface area (Å²) in [5.74, 6) is 0.920.